The lowest BCUT2D eigenvalue weighted by Crippen LogP contribution is -2.39. The summed E-state index contributed by atoms with van der Waals surface area (Å²) in [7, 11) is -1.33. The zero-order chi connectivity index (χ0) is 18.7. The summed E-state index contributed by atoms with van der Waals surface area (Å²) in [5.41, 5.74) is 0.687. The van der Waals surface area contributed by atoms with Crippen LogP contribution in [-0.2, 0) is 21.0 Å². The van der Waals surface area contributed by atoms with Crippen LogP contribution >= 0.6 is 39.9 Å². The van der Waals surface area contributed by atoms with E-state index in [0.29, 0.717) is 37.6 Å². The molecule has 0 spiro atoms. The number of aryl methyl sites for hydroxylation is 1. The highest BCUT2D eigenvalue weighted by Crippen LogP contribution is 2.16. The third-order valence-corrected chi connectivity index (χ3v) is 4.69. The number of nitrogens with zero attached hydrogens (tertiary/aromatic N) is 1. The summed E-state index contributed by atoms with van der Waals surface area (Å²) in [5.74, 6) is 0.443. The minimum absolute atomic E-state index is 0. The molecule has 0 aliphatic rings. The van der Waals surface area contributed by atoms with Gasteiger partial charge in [0, 0.05) is 30.9 Å². The van der Waals surface area contributed by atoms with Crippen molar-refractivity contribution >= 4 is 55.7 Å². The van der Waals surface area contributed by atoms with Gasteiger partial charge in [0.15, 0.2) is 5.96 Å². The maximum Gasteiger partial charge on any atom is 0.191 e. The number of guanidine groups is 1. The van der Waals surface area contributed by atoms with E-state index in [1.807, 2.05) is 6.07 Å². The SMILES string of the molecule is CN=C(NCCCc1ccc(Br)cc1F)NCCOCCS(C)(=O)=O.I. The van der Waals surface area contributed by atoms with E-state index in [0.717, 1.165) is 10.9 Å². The molecule has 0 atom stereocenters. The number of hydrogen-bond acceptors (Lipinski definition) is 4. The number of sulfone groups is 1. The summed E-state index contributed by atoms with van der Waals surface area (Å²) in [6.07, 6.45) is 2.59. The molecule has 0 fully saturated rings. The predicted octanol–water partition coefficient (Wildman–Crippen LogP) is 2.37. The molecule has 26 heavy (non-hydrogen) atoms. The van der Waals surface area contributed by atoms with Crippen LogP contribution in [0.4, 0.5) is 4.39 Å². The number of rotatable bonds is 10. The van der Waals surface area contributed by atoms with E-state index in [-0.39, 0.29) is 42.2 Å². The number of aliphatic imine (C=N–C) groups is 1. The summed E-state index contributed by atoms with van der Waals surface area (Å²) in [5, 5.41) is 6.21. The highest BCUT2D eigenvalue weighted by atomic mass is 127. The Morgan fingerprint density at radius 3 is 2.58 bits per heavy atom. The van der Waals surface area contributed by atoms with Crippen LogP contribution in [0.3, 0.4) is 0 Å². The van der Waals surface area contributed by atoms with Crippen LogP contribution in [0.2, 0.25) is 0 Å². The quantitative estimate of drug-likeness (QED) is 0.197. The van der Waals surface area contributed by atoms with E-state index in [9.17, 15) is 12.8 Å². The normalized spacial score (nSPS) is 11.8. The molecule has 0 bridgehead atoms. The van der Waals surface area contributed by atoms with E-state index in [1.165, 1.54) is 12.3 Å². The highest BCUT2D eigenvalue weighted by Gasteiger charge is 2.04. The molecular weight excluding hydrogens is 540 g/mol. The second kappa shape index (κ2) is 13.7. The minimum Gasteiger partial charge on any atom is -0.379 e. The van der Waals surface area contributed by atoms with Crippen LogP contribution in [0, 0.1) is 5.82 Å². The Morgan fingerprint density at radius 1 is 1.27 bits per heavy atom. The van der Waals surface area contributed by atoms with Crippen LogP contribution in [0.25, 0.3) is 0 Å². The van der Waals surface area contributed by atoms with Crippen molar-refractivity contribution in [3.8, 4) is 0 Å². The number of halogens is 3. The fourth-order valence-corrected chi connectivity index (χ4v) is 2.74. The lowest BCUT2D eigenvalue weighted by molar-refractivity contribution is 0.154. The smallest absolute Gasteiger partial charge is 0.191 e. The van der Waals surface area contributed by atoms with Gasteiger partial charge in [-0.05, 0) is 30.5 Å². The fraction of sp³-hybridized carbons (Fsp3) is 0.562. The van der Waals surface area contributed by atoms with Crippen LogP contribution in [0.1, 0.15) is 12.0 Å². The zero-order valence-corrected chi connectivity index (χ0v) is 19.7. The maximum atomic E-state index is 13.7. The molecule has 0 aliphatic carbocycles. The van der Waals surface area contributed by atoms with Gasteiger partial charge < -0.3 is 15.4 Å². The van der Waals surface area contributed by atoms with Crippen molar-refractivity contribution in [1.29, 1.82) is 0 Å². The number of nitrogens with one attached hydrogen (secondary N) is 2. The highest BCUT2D eigenvalue weighted by molar-refractivity contribution is 14.0. The van der Waals surface area contributed by atoms with Crippen LogP contribution in [0.5, 0.6) is 0 Å². The summed E-state index contributed by atoms with van der Waals surface area (Å²) < 4.78 is 41.6. The topological polar surface area (TPSA) is 79.8 Å². The average molecular weight is 566 g/mol. The molecule has 0 amide bonds. The first-order valence-electron chi connectivity index (χ1n) is 7.96. The van der Waals surface area contributed by atoms with Gasteiger partial charge >= 0.3 is 0 Å². The van der Waals surface area contributed by atoms with Gasteiger partial charge in [-0.15, -0.1) is 24.0 Å². The second-order valence-corrected chi connectivity index (χ2v) is 8.68. The van der Waals surface area contributed by atoms with E-state index in [2.05, 4.69) is 31.6 Å². The molecule has 0 heterocycles. The lowest BCUT2D eigenvalue weighted by atomic mass is 10.1. The molecule has 150 valence electrons. The number of hydrogen-bond donors (Lipinski definition) is 2. The van der Waals surface area contributed by atoms with Gasteiger partial charge in [-0.2, -0.15) is 0 Å². The van der Waals surface area contributed by atoms with Gasteiger partial charge in [0.2, 0.25) is 0 Å². The molecule has 0 saturated heterocycles. The molecule has 6 nitrogen and oxygen atoms in total. The Bertz CT molecular complexity index is 675. The van der Waals surface area contributed by atoms with E-state index in [1.54, 1.807) is 13.1 Å². The van der Waals surface area contributed by atoms with Crippen molar-refractivity contribution in [3.63, 3.8) is 0 Å². The molecule has 0 aliphatic heterocycles. The van der Waals surface area contributed by atoms with Crippen molar-refractivity contribution in [2.45, 2.75) is 12.8 Å². The zero-order valence-electron chi connectivity index (χ0n) is 14.9. The molecular formula is C16H26BrFIN3O3S. The van der Waals surface area contributed by atoms with Crippen molar-refractivity contribution in [2.75, 3.05) is 45.4 Å². The van der Waals surface area contributed by atoms with Crippen molar-refractivity contribution in [2.24, 2.45) is 4.99 Å². The van der Waals surface area contributed by atoms with Gasteiger partial charge in [-0.3, -0.25) is 4.99 Å². The number of benzene rings is 1. The van der Waals surface area contributed by atoms with Gasteiger partial charge in [-0.1, -0.05) is 22.0 Å². The van der Waals surface area contributed by atoms with Crippen LogP contribution in [-0.4, -0.2) is 59.7 Å². The second-order valence-electron chi connectivity index (χ2n) is 5.51. The molecule has 1 aromatic rings. The van der Waals surface area contributed by atoms with Crippen LogP contribution in [0.15, 0.2) is 27.7 Å². The molecule has 1 rings (SSSR count). The Balaban J connectivity index is 0.00000625. The Kier molecular flexibility index (Phi) is 13.4. The largest absolute Gasteiger partial charge is 0.379 e. The first-order chi connectivity index (χ1) is 11.8. The fourth-order valence-electron chi connectivity index (χ4n) is 1.98. The maximum absolute atomic E-state index is 13.7. The molecule has 0 radical (unpaired) electrons. The Morgan fingerprint density at radius 2 is 1.96 bits per heavy atom. The first kappa shape index (κ1) is 25.5. The third kappa shape index (κ3) is 12.0. The Labute approximate surface area is 180 Å². The summed E-state index contributed by atoms with van der Waals surface area (Å²) in [6.45, 7) is 1.75. The molecule has 1 aromatic carbocycles. The van der Waals surface area contributed by atoms with Gasteiger partial charge in [-0.25, -0.2) is 12.8 Å². The lowest BCUT2D eigenvalue weighted by Gasteiger charge is -2.12. The van der Waals surface area contributed by atoms with Crippen molar-refractivity contribution in [1.82, 2.24) is 10.6 Å². The van der Waals surface area contributed by atoms with Crippen LogP contribution < -0.4 is 10.6 Å². The van der Waals surface area contributed by atoms with E-state index in [4.69, 9.17) is 4.74 Å². The third-order valence-electron chi connectivity index (χ3n) is 3.29. The van der Waals surface area contributed by atoms with E-state index < -0.39 is 9.84 Å². The molecule has 0 unspecified atom stereocenters. The van der Waals surface area contributed by atoms with Gasteiger partial charge in [0.05, 0.1) is 19.0 Å². The summed E-state index contributed by atoms with van der Waals surface area (Å²) in [6, 6.07) is 5.07. The summed E-state index contributed by atoms with van der Waals surface area (Å²) in [4.78, 5) is 4.08. The first-order valence-corrected chi connectivity index (χ1v) is 10.8. The number of ether oxygens (including phenoxy) is 1. The van der Waals surface area contributed by atoms with Crippen molar-refractivity contribution < 1.29 is 17.5 Å². The van der Waals surface area contributed by atoms with Crippen molar-refractivity contribution in [3.05, 3.63) is 34.1 Å². The predicted molar refractivity (Wildman–Crippen MR) is 118 cm³/mol. The Hall–Kier alpha value is -0.460. The van der Waals surface area contributed by atoms with E-state index >= 15 is 0 Å². The molecule has 10 heteroatoms. The monoisotopic (exact) mass is 565 g/mol. The van der Waals surface area contributed by atoms with Gasteiger partial charge in [0.1, 0.15) is 15.7 Å². The average Bonchev–Trinajstić information content (AvgIpc) is 2.53. The van der Waals surface area contributed by atoms with Gasteiger partial charge in [0.25, 0.3) is 0 Å². The molecule has 2 N–H and O–H groups in total. The minimum atomic E-state index is -2.99. The standard InChI is InChI=1S/C16H25BrFN3O3S.HI/c1-19-16(21-8-9-24-10-11-25(2,22)23)20-7-3-4-13-5-6-14(17)12-15(13)18;/h5-6,12H,3-4,7-11H2,1-2H3,(H2,19,20,21);1H. The molecule has 0 saturated carbocycles. The summed E-state index contributed by atoms with van der Waals surface area (Å²) >= 11 is 3.24. The molecule has 0 aromatic heterocycles.